The van der Waals surface area contributed by atoms with E-state index in [9.17, 15) is 9.59 Å². The van der Waals surface area contributed by atoms with Gasteiger partial charge in [-0.25, -0.2) is 0 Å². The lowest BCUT2D eigenvalue weighted by Crippen LogP contribution is -2.25. The van der Waals surface area contributed by atoms with Crippen LogP contribution in [0, 0.1) is 0 Å². The van der Waals surface area contributed by atoms with Gasteiger partial charge in [0.2, 0.25) is 0 Å². The molecule has 1 aromatic heterocycles. The summed E-state index contributed by atoms with van der Waals surface area (Å²) in [5.41, 5.74) is 0.935. The number of carbonyl (C=O) groups excluding carboxylic acids is 2. The van der Waals surface area contributed by atoms with Crippen molar-refractivity contribution in [1.82, 2.24) is 10.3 Å². The number of rotatable bonds is 5. The number of hydrogen-bond acceptors (Lipinski definition) is 3. The zero-order valence-electron chi connectivity index (χ0n) is 11.7. The Hall–Kier alpha value is -2.66. The van der Waals surface area contributed by atoms with E-state index in [0.29, 0.717) is 22.8 Å². The summed E-state index contributed by atoms with van der Waals surface area (Å²) in [5.74, 6) is -0.735. The molecule has 0 unspecified atom stereocenters. The van der Waals surface area contributed by atoms with Crippen LogP contribution in [0.2, 0.25) is 5.02 Å². The van der Waals surface area contributed by atoms with Crippen LogP contribution in [-0.2, 0) is 0 Å². The van der Waals surface area contributed by atoms with Gasteiger partial charge in [-0.2, -0.15) is 0 Å². The molecule has 0 radical (unpaired) electrons. The Morgan fingerprint density at radius 1 is 1.23 bits per heavy atom. The molecule has 0 aliphatic heterocycles. The number of anilines is 1. The molecule has 2 aromatic rings. The lowest BCUT2D eigenvalue weighted by atomic mass is 10.1. The Kier molecular flexibility index (Phi) is 5.27. The molecule has 0 bridgehead atoms. The molecule has 0 spiro atoms. The molecule has 0 aliphatic rings. The molecule has 2 N–H and O–H groups in total. The minimum atomic E-state index is -0.438. The number of para-hydroxylation sites is 1. The first-order valence-electron chi connectivity index (χ1n) is 6.53. The van der Waals surface area contributed by atoms with Crippen molar-refractivity contribution in [2.24, 2.45) is 0 Å². The van der Waals surface area contributed by atoms with E-state index < -0.39 is 5.91 Å². The number of nitrogens with zero attached hydrogens (tertiary/aromatic N) is 1. The summed E-state index contributed by atoms with van der Waals surface area (Å²) in [6.07, 6.45) is 3.02. The molecular weight excluding hydrogens is 302 g/mol. The molecule has 112 valence electrons. The van der Waals surface area contributed by atoms with Crippen LogP contribution in [-0.4, -0.2) is 23.3 Å². The second-order valence-corrected chi connectivity index (χ2v) is 4.79. The Morgan fingerprint density at radius 3 is 2.73 bits per heavy atom. The third kappa shape index (κ3) is 3.93. The Bertz CT molecular complexity index is 716. The number of hydrogen-bond donors (Lipinski definition) is 2. The molecule has 0 saturated heterocycles. The van der Waals surface area contributed by atoms with Crippen LogP contribution >= 0.6 is 11.6 Å². The quantitative estimate of drug-likeness (QED) is 0.833. The number of pyridine rings is 1. The maximum absolute atomic E-state index is 12.2. The first-order chi connectivity index (χ1) is 10.6. The van der Waals surface area contributed by atoms with Crippen molar-refractivity contribution in [3.63, 3.8) is 0 Å². The SMILES string of the molecule is C=CCNC(=O)c1ccccc1NC(=O)c1cc(Cl)ccn1. The first-order valence-corrected chi connectivity index (χ1v) is 6.90. The zero-order valence-corrected chi connectivity index (χ0v) is 12.4. The van der Waals surface area contributed by atoms with E-state index in [0.717, 1.165) is 0 Å². The topological polar surface area (TPSA) is 71.1 Å². The van der Waals surface area contributed by atoms with Crippen LogP contribution in [0.15, 0.2) is 55.3 Å². The van der Waals surface area contributed by atoms with E-state index in [2.05, 4.69) is 22.2 Å². The zero-order chi connectivity index (χ0) is 15.9. The number of aromatic nitrogens is 1. The van der Waals surface area contributed by atoms with Crippen LogP contribution < -0.4 is 10.6 Å². The molecule has 0 aliphatic carbocycles. The highest BCUT2D eigenvalue weighted by atomic mass is 35.5. The van der Waals surface area contributed by atoms with Crippen molar-refractivity contribution in [1.29, 1.82) is 0 Å². The highest BCUT2D eigenvalue weighted by Crippen LogP contribution is 2.16. The van der Waals surface area contributed by atoms with Crippen molar-refractivity contribution >= 4 is 29.1 Å². The molecule has 2 amide bonds. The van der Waals surface area contributed by atoms with E-state index in [4.69, 9.17) is 11.6 Å². The van der Waals surface area contributed by atoms with Crippen molar-refractivity contribution < 1.29 is 9.59 Å². The van der Waals surface area contributed by atoms with Gasteiger partial charge in [-0.05, 0) is 24.3 Å². The highest BCUT2D eigenvalue weighted by molar-refractivity contribution is 6.31. The van der Waals surface area contributed by atoms with Crippen molar-refractivity contribution in [2.75, 3.05) is 11.9 Å². The fourth-order valence-electron chi connectivity index (χ4n) is 1.77. The van der Waals surface area contributed by atoms with E-state index in [1.165, 1.54) is 12.3 Å². The Morgan fingerprint density at radius 2 is 2.00 bits per heavy atom. The minimum Gasteiger partial charge on any atom is -0.349 e. The van der Waals surface area contributed by atoms with Crippen LogP contribution in [0.25, 0.3) is 0 Å². The predicted octanol–water partition coefficient (Wildman–Crippen LogP) is 2.90. The van der Waals surface area contributed by atoms with E-state index >= 15 is 0 Å². The first kappa shape index (κ1) is 15.7. The fourth-order valence-corrected chi connectivity index (χ4v) is 1.93. The number of halogens is 1. The largest absolute Gasteiger partial charge is 0.349 e. The highest BCUT2D eigenvalue weighted by Gasteiger charge is 2.14. The second-order valence-electron chi connectivity index (χ2n) is 4.36. The van der Waals surface area contributed by atoms with Crippen LogP contribution in [0.3, 0.4) is 0 Å². The average Bonchev–Trinajstić information content (AvgIpc) is 2.53. The van der Waals surface area contributed by atoms with Gasteiger partial charge >= 0.3 is 0 Å². The Labute approximate surface area is 133 Å². The van der Waals surface area contributed by atoms with Crippen LogP contribution in [0.1, 0.15) is 20.8 Å². The lowest BCUT2D eigenvalue weighted by Gasteiger charge is -2.10. The molecular formula is C16H14ClN3O2. The van der Waals surface area contributed by atoms with Crippen molar-refractivity contribution in [2.45, 2.75) is 0 Å². The summed E-state index contributed by atoms with van der Waals surface area (Å²) in [6, 6.07) is 9.75. The smallest absolute Gasteiger partial charge is 0.274 e. The van der Waals surface area contributed by atoms with Crippen LogP contribution in [0.4, 0.5) is 5.69 Å². The third-order valence-electron chi connectivity index (χ3n) is 2.78. The molecule has 0 fully saturated rings. The number of carbonyl (C=O) groups is 2. The molecule has 1 aromatic carbocycles. The lowest BCUT2D eigenvalue weighted by molar-refractivity contribution is 0.0959. The molecule has 1 heterocycles. The van der Waals surface area contributed by atoms with E-state index in [1.807, 2.05) is 0 Å². The maximum atomic E-state index is 12.2. The van der Waals surface area contributed by atoms with Gasteiger partial charge in [0.1, 0.15) is 5.69 Å². The summed E-state index contributed by atoms with van der Waals surface area (Å²) < 4.78 is 0. The number of amides is 2. The summed E-state index contributed by atoms with van der Waals surface area (Å²) in [4.78, 5) is 28.2. The minimum absolute atomic E-state index is 0.175. The maximum Gasteiger partial charge on any atom is 0.274 e. The van der Waals surface area contributed by atoms with E-state index in [1.54, 1.807) is 36.4 Å². The molecule has 6 heteroatoms. The summed E-state index contributed by atoms with van der Waals surface area (Å²) in [7, 11) is 0. The number of benzene rings is 1. The van der Waals surface area contributed by atoms with Crippen molar-refractivity contribution in [3.8, 4) is 0 Å². The summed E-state index contributed by atoms with van der Waals surface area (Å²) >= 11 is 5.84. The fraction of sp³-hybridized carbons (Fsp3) is 0.0625. The van der Waals surface area contributed by atoms with Gasteiger partial charge in [0.25, 0.3) is 11.8 Å². The third-order valence-corrected chi connectivity index (χ3v) is 3.02. The number of nitrogens with one attached hydrogen (secondary N) is 2. The van der Waals surface area contributed by atoms with Gasteiger partial charge in [-0.3, -0.25) is 14.6 Å². The van der Waals surface area contributed by atoms with E-state index in [-0.39, 0.29) is 11.6 Å². The van der Waals surface area contributed by atoms with Crippen LogP contribution in [0.5, 0.6) is 0 Å². The average molecular weight is 316 g/mol. The monoisotopic (exact) mass is 315 g/mol. The molecule has 5 nitrogen and oxygen atoms in total. The van der Waals surface area contributed by atoms with Crippen molar-refractivity contribution in [3.05, 3.63) is 71.5 Å². The van der Waals surface area contributed by atoms with Gasteiger partial charge in [0.15, 0.2) is 0 Å². The molecule has 2 rings (SSSR count). The second kappa shape index (κ2) is 7.38. The van der Waals surface area contributed by atoms with Gasteiger partial charge in [0.05, 0.1) is 11.3 Å². The summed E-state index contributed by atoms with van der Waals surface area (Å²) in [6.45, 7) is 3.88. The molecule has 0 atom stereocenters. The van der Waals surface area contributed by atoms with Gasteiger partial charge in [0, 0.05) is 17.8 Å². The Balaban J connectivity index is 2.21. The molecule has 0 saturated carbocycles. The summed E-state index contributed by atoms with van der Waals surface area (Å²) in [5, 5.41) is 5.74. The predicted molar refractivity (Wildman–Crippen MR) is 86.2 cm³/mol. The normalized spacial score (nSPS) is 9.86. The van der Waals surface area contributed by atoms with Gasteiger partial charge < -0.3 is 10.6 Å². The van der Waals surface area contributed by atoms with Gasteiger partial charge in [-0.15, -0.1) is 6.58 Å². The molecule has 22 heavy (non-hydrogen) atoms. The standard InChI is InChI=1S/C16H14ClN3O2/c1-2-8-19-15(21)12-5-3-4-6-13(12)20-16(22)14-10-11(17)7-9-18-14/h2-7,9-10H,1,8H2,(H,19,21)(H,20,22). The van der Waals surface area contributed by atoms with Gasteiger partial charge in [-0.1, -0.05) is 29.8 Å².